The topological polar surface area (TPSA) is 84.5 Å². The lowest BCUT2D eigenvalue weighted by atomic mass is 10.1. The average molecular weight is 432 g/mol. The van der Waals surface area contributed by atoms with E-state index in [1.807, 2.05) is 36.4 Å². The van der Waals surface area contributed by atoms with E-state index in [1.54, 1.807) is 12.1 Å². The number of hydrogen-bond acceptors (Lipinski definition) is 7. The Hall–Kier alpha value is -3.10. The van der Waals surface area contributed by atoms with Crippen molar-refractivity contribution in [2.75, 3.05) is 57.7 Å². The molecule has 2 unspecified atom stereocenters. The first-order chi connectivity index (χ1) is 15.7. The Morgan fingerprint density at radius 1 is 0.844 bits per heavy atom. The fraction of sp³-hybridized carbons (Fsp3) is 0.440. The maximum absolute atomic E-state index is 8.87. The monoisotopic (exact) mass is 431 g/mol. The van der Waals surface area contributed by atoms with Crippen LogP contribution in [0.5, 0.6) is 5.75 Å². The van der Waals surface area contributed by atoms with Gasteiger partial charge in [0, 0.05) is 51.5 Å². The van der Waals surface area contributed by atoms with Crippen molar-refractivity contribution in [2.24, 2.45) is 0 Å². The Labute approximate surface area is 189 Å². The van der Waals surface area contributed by atoms with Crippen LogP contribution in [0, 0.1) is 22.7 Å². The Bertz CT molecular complexity index is 934. The molecule has 0 radical (unpaired) electrons. The van der Waals surface area contributed by atoms with E-state index in [-0.39, 0.29) is 12.2 Å². The van der Waals surface area contributed by atoms with Gasteiger partial charge in [-0.3, -0.25) is 9.80 Å². The molecule has 1 N–H and O–H groups in total. The third-order valence-corrected chi connectivity index (χ3v) is 5.89. The van der Waals surface area contributed by atoms with E-state index in [9.17, 15) is 0 Å². The summed E-state index contributed by atoms with van der Waals surface area (Å²) in [5, 5.41) is 21.2. The van der Waals surface area contributed by atoms with Crippen LogP contribution in [0.2, 0.25) is 0 Å². The second-order valence-corrected chi connectivity index (χ2v) is 8.35. The normalized spacial score (nSPS) is 20.8. The molecule has 2 bridgehead atoms. The van der Waals surface area contributed by atoms with Gasteiger partial charge in [0.15, 0.2) is 0 Å². The molecule has 0 saturated carbocycles. The lowest BCUT2D eigenvalue weighted by molar-refractivity contribution is -0.139. The number of nitrogens with zero attached hydrogens (tertiary/aromatic N) is 4. The van der Waals surface area contributed by atoms with Crippen molar-refractivity contribution >= 4 is 5.69 Å². The molecule has 0 amide bonds. The zero-order chi connectivity index (χ0) is 22.2. The van der Waals surface area contributed by atoms with Gasteiger partial charge in [0.2, 0.25) is 0 Å². The lowest BCUT2D eigenvalue weighted by Crippen LogP contribution is -2.60. The molecule has 166 valence electrons. The molecular weight excluding hydrogens is 402 g/mol. The van der Waals surface area contributed by atoms with Crippen LogP contribution in [-0.2, 0) is 4.74 Å². The zero-order valence-electron chi connectivity index (χ0n) is 18.2. The van der Waals surface area contributed by atoms with Gasteiger partial charge in [-0.2, -0.15) is 10.5 Å². The summed E-state index contributed by atoms with van der Waals surface area (Å²) >= 11 is 0. The number of nitriles is 2. The Kier molecular flexibility index (Phi) is 7.58. The molecule has 2 atom stereocenters. The highest BCUT2D eigenvalue weighted by Crippen LogP contribution is 2.20. The molecule has 0 aromatic heterocycles. The summed E-state index contributed by atoms with van der Waals surface area (Å²) in [5.74, 6) is 0.804. The van der Waals surface area contributed by atoms with Gasteiger partial charge >= 0.3 is 0 Å². The molecule has 2 aromatic rings. The van der Waals surface area contributed by atoms with Crippen molar-refractivity contribution in [3.63, 3.8) is 0 Å². The third kappa shape index (κ3) is 6.21. The molecule has 7 heteroatoms. The Balaban J connectivity index is 1.13. The number of rotatable bonds is 9. The van der Waals surface area contributed by atoms with Crippen LogP contribution >= 0.6 is 0 Å². The van der Waals surface area contributed by atoms with Gasteiger partial charge in [-0.15, -0.1) is 0 Å². The van der Waals surface area contributed by atoms with Crippen LogP contribution in [0.1, 0.15) is 17.5 Å². The molecular formula is C25H29N5O2. The zero-order valence-corrected chi connectivity index (χ0v) is 18.2. The first-order valence-corrected chi connectivity index (χ1v) is 11.2. The van der Waals surface area contributed by atoms with Crippen LogP contribution < -0.4 is 10.1 Å². The fourth-order valence-electron chi connectivity index (χ4n) is 4.34. The van der Waals surface area contributed by atoms with Crippen LogP contribution in [0.4, 0.5) is 5.69 Å². The summed E-state index contributed by atoms with van der Waals surface area (Å²) in [4.78, 5) is 4.95. The summed E-state index contributed by atoms with van der Waals surface area (Å²) < 4.78 is 12.0. The second-order valence-electron chi connectivity index (χ2n) is 8.35. The minimum absolute atomic E-state index is 0.254. The second kappa shape index (κ2) is 11.0. The van der Waals surface area contributed by atoms with E-state index < -0.39 is 0 Å². The first-order valence-electron chi connectivity index (χ1n) is 11.2. The Morgan fingerprint density at radius 2 is 1.41 bits per heavy atom. The van der Waals surface area contributed by atoms with E-state index in [0.717, 1.165) is 63.7 Å². The molecule has 2 heterocycles. The summed E-state index contributed by atoms with van der Waals surface area (Å²) in [7, 11) is 0. The van der Waals surface area contributed by atoms with E-state index in [1.165, 1.54) is 0 Å². The minimum atomic E-state index is 0.254. The summed E-state index contributed by atoms with van der Waals surface area (Å²) in [6.07, 6.45) is 1.58. The van der Waals surface area contributed by atoms with E-state index in [2.05, 4.69) is 27.3 Å². The molecule has 2 saturated heterocycles. The van der Waals surface area contributed by atoms with Gasteiger partial charge < -0.3 is 14.8 Å². The smallest absolute Gasteiger partial charge is 0.119 e. The van der Waals surface area contributed by atoms with Crippen molar-refractivity contribution in [3.8, 4) is 17.9 Å². The molecule has 2 aromatic carbocycles. The maximum Gasteiger partial charge on any atom is 0.119 e. The van der Waals surface area contributed by atoms with Crippen LogP contribution in [0.3, 0.4) is 0 Å². The molecule has 0 spiro atoms. The highest BCUT2D eigenvalue weighted by molar-refractivity contribution is 5.47. The van der Waals surface area contributed by atoms with Crippen LogP contribution in [0.25, 0.3) is 0 Å². The predicted molar refractivity (Wildman–Crippen MR) is 122 cm³/mol. The van der Waals surface area contributed by atoms with E-state index in [4.69, 9.17) is 20.0 Å². The number of ether oxygens (including phenoxy) is 2. The fourth-order valence-corrected chi connectivity index (χ4v) is 4.34. The summed E-state index contributed by atoms with van der Waals surface area (Å²) in [6, 6.07) is 19.1. The average Bonchev–Trinajstić information content (AvgIpc) is 2.82. The summed E-state index contributed by atoms with van der Waals surface area (Å²) in [5.41, 5.74) is 2.39. The molecule has 32 heavy (non-hydrogen) atoms. The van der Waals surface area contributed by atoms with Gasteiger partial charge in [-0.25, -0.2) is 0 Å². The van der Waals surface area contributed by atoms with Gasteiger partial charge in [0.05, 0.1) is 35.5 Å². The molecule has 2 aliphatic heterocycles. The number of anilines is 1. The van der Waals surface area contributed by atoms with Gasteiger partial charge in [0.1, 0.15) is 12.4 Å². The highest BCUT2D eigenvalue weighted by Gasteiger charge is 2.34. The van der Waals surface area contributed by atoms with Crippen LogP contribution in [0.15, 0.2) is 48.5 Å². The molecule has 2 fully saturated rings. The number of benzene rings is 2. The molecule has 0 aliphatic carbocycles. The van der Waals surface area contributed by atoms with E-state index >= 15 is 0 Å². The van der Waals surface area contributed by atoms with Crippen molar-refractivity contribution < 1.29 is 9.47 Å². The quantitative estimate of drug-likeness (QED) is 0.611. The summed E-state index contributed by atoms with van der Waals surface area (Å²) in [6.45, 7) is 7.31. The van der Waals surface area contributed by atoms with Gasteiger partial charge in [-0.1, -0.05) is 0 Å². The maximum atomic E-state index is 8.87. The molecule has 4 rings (SSSR count). The first kappa shape index (κ1) is 22.1. The highest BCUT2D eigenvalue weighted by atomic mass is 16.5. The predicted octanol–water partition coefficient (Wildman–Crippen LogP) is 2.70. The lowest BCUT2D eigenvalue weighted by Gasteiger charge is -2.45. The standard InChI is InChI=1S/C25H29N5O2/c26-14-20-2-6-22(7-3-20)28-10-1-11-29-16-24-18-30(19-25(17-29)32-24)12-13-31-23-8-4-21(15-27)5-9-23/h2-9,24-25,28H,1,10-13,16-19H2. The van der Waals surface area contributed by atoms with Crippen LogP contribution in [-0.4, -0.2) is 74.4 Å². The van der Waals surface area contributed by atoms with Crippen molar-refractivity contribution in [1.82, 2.24) is 9.80 Å². The van der Waals surface area contributed by atoms with Gasteiger partial charge in [0.25, 0.3) is 0 Å². The largest absolute Gasteiger partial charge is 0.492 e. The van der Waals surface area contributed by atoms with E-state index in [0.29, 0.717) is 17.7 Å². The van der Waals surface area contributed by atoms with Crippen molar-refractivity contribution in [2.45, 2.75) is 18.6 Å². The third-order valence-electron chi connectivity index (χ3n) is 5.89. The number of morpholine rings is 2. The van der Waals surface area contributed by atoms with Gasteiger partial charge in [-0.05, 0) is 55.0 Å². The van der Waals surface area contributed by atoms with Crippen molar-refractivity contribution in [1.29, 1.82) is 10.5 Å². The number of hydrogen-bond donors (Lipinski definition) is 1. The SMILES string of the molecule is N#Cc1ccc(NCCCN2CC3CN(CCOc4ccc(C#N)cc4)CC(C2)O3)cc1. The number of fused-ring (bicyclic) bond motifs is 2. The molecule has 2 aliphatic rings. The molecule has 7 nitrogen and oxygen atoms in total. The Morgan fingerprint density at radius 3 is 2.00 bits per heavy atom. The number of nitrogens with one attached hydrogen (secondary N) is 1. The van der Waals surface area contributed by atoms with Crippen molar-refractivity contribution in [3.05, 3.63) is 59.7 Å². The minimum Gasteiger partial charge on any atom is -0.492 e.